The third-order valence-corrected chi connectivity index (χ3v) is 6.00. The number of methoxy groups -OCH3 is 1. The van der Waals surface area contributed by atoms with Crippen LogP contribution in [0.15, 0.2) is 24.3 Å². The Morgan fingerprint density at radius 1 is 1.10 bits per heavy atom. The van der Waals surface area contributed by atoms with Gasteiger partial charge in [0.2, 0.25) is 11.8 Å². The minimum absolute atomic E-state index is 0.0383. The molecular formula is C22H31ClN2O4. The minimum Gasteiger partial charge on any atom is -0.490 e. The summed E-state index contributed by atoms with van der Waals surface area (Å²) in [5.74, 6) is 0.907. The summed E-state index contributed by atoms with van der Waals surface area (Å²) in [6.07, 6.45) is 4.68. The third kappa shape index (κ3) is 6.34. The average molecular weight is 423 g/mol. The Kier molecular flexibility index (Phi) is 8.19. The fourth-order valence-electron chi connectivity index (χ4n) is 4.15. The van der Waals surface area contributed by atoms with E-state index in [9.17, 15) is 9.59 Å². The largest absolute Gasteiger partial charge is 0.490 e. The van der Waals surface area contributed by atoms with E-state index in [4.69, 9.17) is 21.1 Å². The lowest BCUT2D eigenvalue weighted by molar-refractivity contribution is -0.140. The zero-order valence-electron chi connectivity index (χ0n) is 17.1. The van der Waals surface area contributed by atoms with Gasteiger partial charge in [0.15, 0.2) is 0 Å². The molecule has 0 spiro atoms. The van der Waals surface area contributed by atoms with Crippen molar-refractivity contribution < 1.29 is 19.1 Å². The van der Waals surface area contributed by atoms with Crippen molar-refractivity contribution in [3.05, 3.63) is 29.3 Å². The Bertz CT molecular complexity index is 693. The van der Waals surface area contributed by atoms with Gasteiger partial charge in [-0.25, -0.2) is 0 Å². The predicted molar refractivity (Wildman–Crippen MR) is 112 cm³/mol. The number of halogens is 1. The van der Waals surface area contributed by atoms with Crippen LogP contribution in [0, 0.1) is 5.92 Å². The molecule has 2 saturated heterocycles. The van der Waals surface area contributed by atoms with E-state index in [0.29, 0.717) is 49.7 Å². The van der Waals surface area contributed by atoms with Gasteiger partial charge in [0.05, 0.1) is 13.0 Å². The van der Waals surface area contributed by atoms with Crippen LogP contribution >= 0.6 is 11.6 Å². The van der Waals surface area contributed by atoms with E-state index >= 15 is 0 Å². The molecule has 2 amide bonds. The van der Waals surface area contributed by atoms with E-state index in [-0.39, 0.29) is 23.8 Å². The van der Waals surface area contributed by atoms with Gasteiger partial charge in [-0.2, -0.15) is 0 Å². The van der Waals surface area contributed by atoms with Crippen molar-refractivity contribution in [3.63, 3.8) is 0 Å². The maximum Gasteiger partial charge on any atom is 0.224 e. The number of carbonyl (C=O) groups excluding carboxylic acids is 2. The van der Waals surface area contributed by atoms with Crippen molar-refractivity contribution in [2.75, 3.05) is 39.9 Å². The highest BCUT2D eigenvalue weighted by atomic mass is 35.5. The van der Waals surface area contributed by atoms with Gasteiger partial charge >= 0.3 is 0 Å². The number of carbonyl (C=O) groups is 2. The molecule has 1 aromatic rings. The van der Waals surface area contributed by atoms with Crippen LogP contribution in [0.25, 0.3) is 0 Å². The number of rotatable bonds is 7. The van der Waals surface area contributed by atoms with Gasteiger partial charge in [-0.05, 0) is 37.5 Å². The number of amides is 2. The minimum atomic E-state index is -0.117. The van der Waals surface area contributed by atoms with E-state index < -0.39 is 0 Å². The van der Waals surface area contributed by atoms with Crippen molar-refractivity contribution in [1.29, 1.82) is 0 Å². The Hall–Kier alpha value is -1.79. The van der Waals surface area contributed by atoms with Gasteiger partial charge in [0.25, 0.3) is 0 Å². The molecule has 0 aromatic heterocycles. The summed E-state index contributed by atoms with van der Waals surface area (Å²) in [5, 5.41) is 0.621. The van der Waals surface area contributed by atoms with Gasteiger partial charge in [-0.15, -0.1) is 0 Å². The number of hydrogen-bond donors (Lipinski definition) is 0. The second-order valence-corrected chi connectivity index (χ2v) is 8.33. The standard InChI is InChI=1S/C22H31ClN2O4/c1-28-13-9-21(26)25-12-8-20(29-19-7-5-6-18(23)15-19)17(16-25)14-22(27)24-10-3-2-4-11-24/h5-7,15,17,20H,2-4,8-14,16H2,1H3/t17-,20-/m0/s1. The highest BCUT2D eigenvalue weighted by Crippen LogP contribution is 2.28. The average Bonchev–Trinajstić information content (AvgIpc) is 2.74. The van der Waals surface area contributed by atoms with Crippen LogP contribution in [0.3, 0.4) is 0 Å². The molecule has 0 N–H and O–H groups in total. The summed E-state index contributed by atoms with van der Waals surface area (Å²) < 4.78 is 11.3. The van der Waals surface area contributed by atoms with E-state index in [1.807, 2.05) is 28.0 Å². The van der Waals surface area contributed by atoms with Crippen molar-refractivity contribution in [3.8, 4) is 5.75 Å². The lowest BCUT2D eigenvalue weighted by Crippen LogP contribution is -2.50. The monoisotopic (exact) mass is 422 g/mol. The van der Waals surface area contributed by atoms with Crippen molar-refractivity contribution in [1.82, 2.24) is 9.80 Å². The normalized spacial score (nSPS) is 22.4. The summed E-state index contributed by atoms with van der Waals surface area (Å²) in [5.41, 5.74) is 0. The van der Waals surface area contributed by atoms with Crippen LogP contribution in [-0.4, -0.2) is 67.6 Å². The Morgan fingerprint density at radius 3 is 2.62 bits per heavy atom. The molecule has 2 aliphatic rings. The fourth-order valence-corrected chi connectivity index (χ4v) is 4.33. The molecule has 0 bridgehead atoms. The molecule has 2 heterocycles. The van der Waals surface area contributed by atoms with Crippen LogP contribution in [0.2, 0.25) is 5.02 Å². The second kappa shape index (κ2) is 10.8. The molecule has 1 aromatic carbocycles. The molecule has 29 heavy (non-hydrogen) atoms. The van der Waals surface area contributed by atoms with Gasteiger partial charge in [0.1, 0.15) is 11.9 Å². The van der Waals surface area contributed by atoms with Crippen LogP contribution in [0.4, 0.5) is 0 Å². The summed E-state index contributed by atoms with van der Waals surface area (Å²) >= 11 is 6.09. The predicted octanol–water partition coefficient (Wildman–Crippen LogP) is 3.38. The molecule has 0 unspecified atom stereocenters. The van der Waals surface area contributed by atoms with E-state index in [1.54, 1.807) is 13.2 Å². The maximum atomic E-state index is 12.9. The number of likely N-dealkylation sites (tertiary alicyclic amines) is 2. The number of ether oxygens (including phenoxy) is 2. The summed E-state index contributed by atoms with van der Waals surface area (Å²) in [7, 11) is 1.60. The second-order valence-electron chi connectivity index (χ2n) is 7.89. The van der Waals surface area contributed by atoms with Crippen LogP contribution in [0.1, 0.15) is 38.5 Å². The highest BCUT2D eigenvalue weighted by molar-refractivity contribution is 6.30. The smallest absolute Gasteiger partial charge is 0.224 e. The summed E-state index contributed by atoms with van der Waals surface area (Å²) in [6, 6.07) is 7.34. The molecule has 2 aliphatic heterocycles. The molecule has 2 fully saturated rings. The van der Waals surface area contributed by atoms with Gasteiger partial charge in [-0.3, -0.25) is 9.59 Å². The Morgan fingerprint density at radius 2 is 1.90 bits per heavy atom. The fraction of sp³-hybridized carbons (Fsp3) is 0.636. The number of piperidine rings is 2. The zero-order valence-corrected chi connectivity index (χ0v) is 17.9. The number of nitrogens with zero attached hydrogens (tertiary/aromatic N) is 2. The van der Waals surface area contributed by atoms with Gasteiger partial charge < -0.3 is 19.3 Å². The first-order chi connectivity index (χ1) is 14.1. The van der Waals surface area contributed by atoms with Crippen molar-refractivity contribution in [2.24, 2.45) is 5.92 Å². The van der Waals surface area contributed by atoms with Gasteiger partial charge in [0, 0.05) is 57.1 Å². The molecule has 2 atom stereocenters. The molecule has 0 saturated carbocycles. The first-order valence-electron chi connectivity index (χ1n) is 10.5. The Balaban J connectivity index is 1.68. The van der Waals surface area contributed by atoms with E-state index in [0.717, 1.165) is 25.9 Å². The first kappa shape index (κ1) is 21.9. The van der Waals surface area contributed by atoms with Gasteiger partial charge in [-0.1, -0.05) is 17.7 Å². The Labute approximate surface area is 178 Å². The lowest BCUT2D eigenvalue weighted by atomic mass is 9.90. The van der Waals surface area contributed by atoms with Crippen molar-refractivity contribution in [2.45, 2.75) is 44.6 Å². The number of benzene rings is 1. The summed E-state index contributed by atoms with van der Waals surface area (Å²) in [4.78, 5) is 29.2. The van der Waals surface area contributed by atoms with E-state index in [2.05, 4.69) is 0 Å². The van der Waals surface area contributed by atoms with Crippen molar-refractivity contribution >= 4 is 23.4 Å². The molecule has 160 valence electrons. The lowest BCUT2D eigenvalue weighted by Gasteiger charge is -2.39. The van der Waals surface area contributed by atoms with Crippen LogP contribution in [0.5, 0.6) is 5.75 Å². The zero-order chi connectivity index (χ0) is 20.6. The first-order valence-corrected chi connectivity index (χ1v) is 10.9. The molecule has 6 nitrogen and oxygen atoms in total. The molecule has 0 radical (unpaired) electrons. The molecule has 0 aliphatic carbocycles. The molecule has 7 heteroatoms. The molecular weight excluding hydrogens is 392 g/mol. The highest BCUT2D eigenvalue weighted by Gasteiger charge is 2.35. The quantitative estimate of drug-likeness (QED) is 0.675. The topological polar surface area (TPSA) is 59.1 Å². The van der Waals surface area contributed by atoms with E-state index in [1.165, 1.54) is 6.42 Å². The van der Waals surface area contributed by atoms with Crippen LogP contribution < -0.4 is 4.74 Å². The number of hydrogen-bond acceptors (Lipinski definition) is 4. The third-order valence-electron chi connectivity index (χ3n) is 5.77. The maximum absolute atomic E-state index is 12.9. The summed E-state index contributed by atoms with van der Waals surface area (Å²) in [6.45, 7) is 3.24. The SMILES string of the molecule is COCCC(=O)N1CC[C@H](Oc2cccc(Cl)c2)[C@@H](CC(=O)N2CCCCC2)C1. The molecule has 3 rings (SSSR count). The van der Waals surface area contributed by atoms with Crippen LogP contribution in [-0.2, 0) is 14.3 Å².